The zero-order valence-electron chi connectivity index (χ0n) is 10.7. The third-order valence-electron chi connectivity index (χ3n) is 3.18. The van der Waals surface area contributed by atoms with E-state index in [0.717, 1.165) is 17.7 Å². The Morgan fingerprint density at radius 2 is 2.15 bits per heavy atom. The van der Waals surface area contributed by atoms with Gasteiger partial charge in [-0.3, -0.25) is 4.79 Å². The van der Waals surface area contributed by atoms with Gasteiger partial charge in [-0.15, -0.1) is 0 Å². The van der Waals surface area contributed by atoms with E-state index in [-0.39, 0.29) is 11.7 Å². The summed E-state index contributed by atoms with van der Waals surface area (Å²) < 4.78 is 24.5. The van der Waals surface area contributed by atoms with E-state index in [2.05, 4.69) is 0 Å². The molecule has 0 aliphatic carbocycles. The predicted octanol–water partition coefficient (Wildman–Crippen LogP) is 3.02. The predicted molar refractivity (Wildman–Crippen MR) is 71.8 cm³/mol. The molecule has 102 valence electrons. The van der Waals surface area contributed by atoms with E-state index in [1.54, 1.807) is 0 Å². The van der Waals surface area contributed by atoms with Crippen LogP contribution in [-0.2, 0) is 6.42 Å². The number of carbonyl (C=O) groups is 1. The lowest BCUT2D eigenvalue weighted by atomic mass is 10.1. The summed E-state index contributed by atoms with van der Waals surface area (Å²) in [6.07, 6.45) is 1.28. The summed E-state index contributed by atoms with van der Waals surface area (Å²) in [6.45, 7) is 0.316. The van der Waals surface area contributed by atoms with Gasteiger partial charge in [0.15, 0.2) is 0 Å². The minimum Gasteiger partial charge on any atom is -0.490 e. The van der Waals surface area contributed by atoms with E-state index in [0.29, 0.717) is 18.6 Å². The van der Waals surface area contributed by atoms with Crippen LogP contribution in [0.5, 0.6) is 11.5 Å². The van der Waals surface area contributed by atoms with Gasteiger partial charge in [-0.05, 0) is 23.8 Å². The van der Waals surface area contributed by atoms with Gasteiger partial charge in [0.05, 0.1) is 0 Å². The Morgan fingerprint density at radius 1 is 1.30 bits per heavy atom. The second-order valence-electron chi connectivity index (χ2n) is 4.70. The standard InChI is InChI=1S/C16H13FO3/c17-13-5-11(9-18)6-14(8-13)19-10-15-7-12-3-1-2-4-16(12)20-15/h1-6,8-9,15H,7,10H2. The van der Waals surface area contributed by atoms with Crippen LogP contribution >= 0.6 is 0 Å². The molecule has 1 unspecified atom stereocenters. The van der Waals surface area contributed by atoms with Crippen LogP contribution in [0.3, 0.4) is 0 Å². The quantitative estimate of drug-likeness (QED) is 0.803. The average molecular weight is 272 g/mol. The monoisotopic (exact) mass is 272 g/mol. The normalized spacial score (nSPS) is 16.4. The van der Waals surface area contributed by atoms with E-state index in [1.807, 2.05) is 24.3 Å². The highest BCUT2D eigenvalue weighted by molar-refractivity contribution is 5.75. The summed E-state index contributed by atoms with van der Waals surface area (Å²) in [5.41, 5.74) is 1.41. The first-order valence-electron chi connectivity index (χ1n) is 6.38. The summed E-state index contributed by atoms with van der Waals surface area (Å²) in [4.78, 5) is 10.7. The molecule has 0 spiro atoms. The first kappa shape index (κ1) is 12.7. The van der Waals surface area contributed by atoms with Crippen LogP contribution in [0.4, 0.5) is 4.39 Å². The fourth-order valence-electron chi connectivity index (χ4n) is 2.27. The maximum absolute atomic E-state index is 13.3. The van der Waals surface area contributed by atoms with Crippen LogP contribution < -0.4 is 9.47 Å². The van der Waals surface area contributed by atoms with Crippen molar-refractivity contribution < 1.29 is 18.7 Å². The number of ether oxygens (including phenoxy) is 2. The maximum Gasteiger partial charge on any atom is 0.150 e. The third-order valence-corrected chi connectivity index (χ3v) is 3.18. The number of fused-ring (bicyclic) bond motifs is 1. The lowest BCUT2D eigenvalue weighted by molar-refractivity contribution is 0.112. The number of para-hydroxylation sites is 1. The Labute approximate surface area is 115 Å². The first-order valence-corrected chi connectivity index (χ1v) is 6.38. The number of halogens is 1. The van der Waals surface area contributed by atoms with E-state index >= 15 is 0 Å². The number of rotatable bonds is 4. The number of hydrogen-bond acceptors (Lipinski definition) is 3. The van der Waals surface area contributed by atoms with Gasteiger partial charge >= 0.3 is 0 Å². The van der Waals surface area contributed by atoms with E-state index < -0.39 is 5.82 Å². The zero-order chi connectivity index (χ0) is 13.9. The summed E-state index contributed by atoms with van der Waals surface area (Å²) >= 11 is 0. The van der Waals surface area contributed by atoms with Gasteiger partial charge in [0.1, 0.15) is 36.3 Å². The van der Waals surface area contributed by atoms with Crippen molar-refractivity contribution in [3.8, 4) is 11.5 Å². The molecule has 1 aliphatic heterocycles. The largest absolute Gasteiger partial charge is 0.490 e. The van der Waals surface area contributed by atoms with Crippen molar-refractivity contribution in [2.24, 2.45) is 0 Å². The van der Waals surface area contributed by atoms with Crippen LogP contribution in [0.2, 0.25) is 0 Å². The van der Waals surface area contributed by atoms with Gasteiger partial charge in [0, 0.05) is 18.1 Å². The highest BCUT2D eigenvalue weighted by Gasteiger charge is 2.22. The van der Waals surface area contributed by atoms with Gasteiger partial charge in [-0.2, -0.15) is 0 Å². The molecule has 1 aliphatic rings. The Balaban J connectivity index is 1.64. The topological polar surface area (TPSA) is 35.5 Å². The molecule has 4 heteroatoms. The van der Waals surface area contributed by atoms with Crippen molar-refractivity contribution in [1.29, 1.82) is 0 Å². The van der Waals surface area contributed by atoms with Crippen LogP contribution in [0.15, 0.2) is 42.5 Å². The van der Waals surface area contributed by atoms with Crippen LogP contribution in [-0.4, -0.2) is 19.0 Å². The molecule has 1 atom stereocenters. The molecular weight excluding hydrogens is 259 g/mol. The molecule has 3 rings (SSSR count). The average Bonchev–Trinajstić information content (AvgIpc) is 2.87. The Hall–Kier alpha value is -2.36. The van der Waals surface area contributed by atoms with E-state index in [4.69, 9.17) is 9.47 Å². The molecule has 0 saturated carbocycles. The van der Waals surface area contributed by atoms with Crippen LogP contribution in [0.1, 0.15) is 15.9 Å². The lowest BCUT2D eigenvalue weighted by Gasteiger charge is -2.12. The Morgan fingerprint density at radius 3 is 2.95 bits per heavy atom. The SMILES string of the molecule is O=Cc1cc(F)cc(OCC2Cc3ccccc3O2)c1. The number of carbonyl (C=O) groups excluding carboxylic acids is 1. The molecule has 2 aromatic rings. The minimum absolute atomic E-state index is 0.0876. The van der Waals surface area contributed by atoms with Gasteiger partial charge < -0.3 is 9.47 Å². The molecular formula is C16H13FO3. The fraction of sp³-hybridized carbons (Fsp3) is 0.188. The molecule has 20 heavy (non-hydrogen) atoms. The molecule has 2 aromatic carbocycles. The molecule has 0 saturated heterocycles. The molecule has 0 N–H and O–H groups in total. The van der Waals surface area contributed by atoms with Crippen molar-refractivity contribution in [3.63, 3.8) is 0 Å². The zero-order valence-corrected chi connectivity index (χ0v) is 10.7. The number of hydrogen-bond donors (Lipinski definition) is 0. The molecule has 0 fully saturated rings. The highest BCUT2D eigenvalue weighted by atomic mass is 19.1. The van der Waals surface area contributed by atoms with Gasteiger partial charge in [-0.25, -0.2) is 4.39 Å². The minimum atomic E-state index is -0.486. The van der Waals surface area contributed by atoms with Gasteiger partial charge in [0.2, 0.25) is 0 Å². The molecule has 3 nitrogen and oxygen atoms in total. The molecule has 0 aromatic heterocycles. The van der Waals surface area contributed by atoms with E-state index in [9.17, 15) is 9.18 Å². The maximum atomic E-state index is 13.3. The Bertz CT molecular complexity index is 614. The van der Waals surface area contributed by atoms with Gasteiger partial charge in [0.25, 0.3) is 0 Å². The smallest absolute Gasteiger partial charge is 0.150 e. The lowest BCUT2D eigenvalue weighted by Crippen LogP contribution is -2.22. The molecule has 0 amide bonds. The van der Waals surface area contributed by atoms with Gasteiger partial charge in [-0.1, -0.05) is 18.2 Å². The summed E-state index contributed by atoms with van der Waals surface area (Å²) in [7, 11) is 0. The van der Waals surface area contributed by atoms with Crippen molar-refractivity contribution in [2.45, 2.75) is 12.5 Å². The van der Waals surface area contributed by atoms with Crippen molar-refractivity contribution in [1.82, 2.24) is 0 Å². The number of benzene rings is 2. The van der Waals surface area contributed by atoms with Crippen molar-refractivity contribution in [2.75, 3.05) is 6.61 Å². The second kappa shape index (κ2) is 5.33. The molecule has 1 heterocycles. The van der Waals surface area contributed by atoms with Crippen LogP contribution in [0, 0.1) is 5.82 Å². The van der Waals surface area contributed by atoms with Crippen molar-refractivity contribution >= 4 is 6.29 Å². The second-order valence-corrected chi connectivity index (χ2v) is 4.70. The van der Waals surface area contributed by atoms with E-state index in [1.165, 1.54) is 18.2 Å². The van der Waals surface area contributed by atoms with Crippen LogP contribution in [0.25, 0.3) is 0 Å². The fourth-order valence-corrected chi connectivity index (χ4v) is 2.27. The highest BCUT2D eigenvalue weighted by Crippen LogP contribution is 2.28. The number of aldehydes is 1. The molecule has 0 radical (unpaired) electrons. The summed E-state index contributed by atoms with van der Waals surface area (Å²) in [5.74, 6) is 0.723. The summed E-state index contributed by atoms with van der Waals surface area (Å²) in [6, 6.07) is 11.8. The Kier molecular flexibility index (Phi) is 3.37. The summed E-state index contributed by atoms with van der Waals surface area (Å²) in [5, 5.41) is 0. The third kappa shape index (κ3) is 2.64. The first-order chi connectivity index (χ1) is 9.74. The molecule has 0 bridgehead atoms. The van der Waals surface area contributed by atoms with Crippen molar-refractivity contribution in [3.05, 3.63) is 59.4 Å².